The monoisotopic (exact) mass is 415 g/mol. The number of aryl methyl sites for hydroxylation is 1. The summed E-state index contributed by atoms with van der Waals surface area (Å²) < 4.78 is 16.3. The molecule has 0 fully saturated rings. The number of dihydropyridines is 1. The van der Waals surface area contributed by atoms with Gasteiger partial charge in [-0.3, -0.25) is 9.59 Å². The number of carbonyl (C=O) groups excluding carboxylic acids is 3. The van der Waals surface area contributed by atoms with Gasteiger partial charge in [0.1, 0.15) is 17.4 Å². The van der Waals surface area contributed by atoms with Crippen LogP contribution in [0.1, 0.15) is 58.0 Å². The number of hydrogen-bond donors (Lipinski definition) is 1. The van der Waals surface area contributed by atoms with Crippen molar-refractivity contribution in [3.63, 3.8) is 0 Å². The van der Waals surface area contributed by atoms with Gasteiger partial charge in [-0.25, -0.2) is 4.79 Å². The maximum atomic E-state index is 13.5. The number of hydrogen-bond acceptors (Lipinski definition) is 7. The van der Waals surface area contributed by atoms with E-state index < -0.39 is 23.8 Å². The highest BCUT2D eigenvalue weighted by Gasteiger charge is 2.48. The largest absolute Gasteiger partial charge is 0.468 e. The van der Waals surface area contributed by atoms with Crippen molar-refractivity contribution in [1.29, 1.82) is 0 Å². The SMILES string of the molecule is CC[C@@H](C)OC(=O)C1=C(C)NC2=C(C(=O)[C@H](C(=O)OC)[C@H](C)C2)[C@@H]1c1ccc(C)o1. The van der Waals surface area contributed by atoms with E-state index in [1.807, 2.05) is 20.8 Å². The van der Waals surface area contributed by atoms with Crippen LogP contribution in [0.25, 0.3) is 0 Å². The Bertz CT molecular complexity index is 937. The van der Waals surface area contributed by atoms with Crippen LogP contribution in [0.5, 0.6) is 0 Å². The van der Waals surface area contributed by atoms with Crippen LogP contribution in [0.4, 0.5) is 0 Å². The molecule has 2 aliphatic rings. The summed E-state index contributed by atoms with van der Waals surface area (Å²) in [5.41, 5.74) is 2.04. The molecule has 0 radical (unpaired) electrons. The summed E-state index contributed by atoms with van der Waals surface area (Å²) in [7, 11) is 1.28. The van der Waals surface area contributed by atoms with Crippen molar-refractivity contribution < 1.29 is 28.3 Å². The van der Waals surface area contributed by atoms with Crippen LogP contribution in [0.3, 0.4) is 0 Å². The van der Waals surface area contributed by atoms with Crippen molar-refractivity contribution in [3.8, 4) is 0 Å². The van der Waals surface area contributed by atoms with Crippen LogP contribution in [-0.4, -0.2) is 30.9 Å². The molecule has 0 saturated heterocycles. The minimum absolute atomic E-state index is 0.225. The normalized spacial score (nSPS) is 24.9. The van der Waals surface area contributed by atoms with Gasteiger partial charge in [0.05, 0.1) is 24.7 Å². The maximum absolute atomic E-state index is 13.5. The molecule has 0 saturated carbocycles. The Labute approximate surface area is 176 Å². The first kappa shape index (κ1) is 21.9. The van der Waals surface area contributed by atoms with E-state index in [0.717, 1.165) is 0 Å². The minimum Gasteiger partial charge on any atom is -0.468 e. The van der Waals surface area contributed by atoms with Crippen LogP contribution in [0, 0.1) is 18.8 Å². The predicted molar refractivity (Wildman–Crippen MR) is 109 cm³/mol. The van der Waals surface area contributed by atoms with Crippen LogP contribution in [-0.2, 0) is 23.9 Å². The van der Waals surface area contributed by atoms with Crippen molar-refractivity contribution in [2.75, 3.05) is 7.11 Å². The second-order valence-electron chi connectivity index (χ2n) is 8.11. The molecule has 30 heavy (non-hydrogen) atoms. The van der Waals surface area contributed by atoms with E-state index >= 15 is 0 Å². The molecule has 1 aromatic rings. The van der Waals surface area contributed by atoms with Gasteiger partial charge in [-0.15, -0.1) is 0 Å². The average Bonchev–Trinajstić information content (AvgIpc) is 3.12. The van der Waals surface area contributed by atoms with E-state index in [-0.39, 0.29) is 17.8 Å². The third-order valence-electron chi connectivity index (χ3n) is 5.89. The number of rotatable bonds is 5. The molecule has 0 bridgehead atoms. The highest BCUT2D eigenvalue weighted by atomic mass is 16.5. The van der Waals surface area contributed by atoms with Crippen LogP contribution >= 0.6 is 0 Å². The van der Waals surface area contributed by atoms with Gasteiger partial charge in [-0.05, 0) is 51.7 Å². The first-order valence-corrected chi connectivity index (χ1v) is 10.3. The Kier molecular flexibility index (Phi) is 6.19. The molecule has 0 aromatic carbocycles. The summed E-state index contributed by atoms with van der Waals surface area (Å²) in [5.74, 6) is -2.15. The molecule has 1 aliphatic carbocycles. The molecule has 4 atom stereocenters. The molecule has 7 nitrogen and oxygen atoms in total. The molecule has 3 rings (SSSR count). The highest BCUT2D eigenvalue weighted by molar-refractivity contribution is 6.12. The van der Waals surface area contributed by atoms with Gasteiger partial charge in [0.25, 0.3) is 0 Å². The number of furan rings is 1. The molecular formula is C23H29NO6. The lowest BCUT2D eigenvalue weighted by atomic mass is 9.70. The van der Waals surface area contributed by atoms with Crippen LogP contribution < -0.4 is 5.32 Å². The van der Waals surface area contributed by atoms with Gasteiger partial charge >= 0.3 is 11.9 Å². The topological polar surface area (TPSA) is 94.8 Å². The Balaban J connectivity index is 2.13. The first-order valence-electron chi connectivity index (χ1n) is 10.3. The van der Waals surface area contributed by atoms with Crippen LogP contribution in [0.15, 0.2) is 39.1 Å². The lowest BCUT2D eigenvalue weighted by molar-refractivity contribution is -0.151. The number of ketones is 1. The third kappa shape index (κ3) is 3.80. The van der Waals surface area contributed by atoms with E-state index in [1.165, 1.54) is 7.11 Å². The third-order valence-corrected chi connectivity index (χ3v) is 5.89. The molecule has 0 spiro atoms. The zero-order chi connectivity index (χ0) is 22.2. The molecule has 0 amide bonds. The number of Topliss-reactive ketones (excluding diaryl/α,β-unsaturated/α-hetero) is 1. The minimum atomic E-state index is -0.917. The number of ether oxygens (including phenoxy) is 2. The number of nitrogens with one attached hydrogen (secondary N) is 1. The van der Waals surface area contributed by atoms with Gasteiger partial charge < -0.3 is 19.2 Å². The summed E-state index contributed by atoms with van der Waals surface area (Å²) in [6.07, 6.45) is 0.893. The van der Waals surface area contributed by atoms with Gasteiger partial charge in [0.15, 0.2) is 5.78 Å². The standard InChI is InChI=1S/C23H29NO6/c1-7-12(3)30-23(27)18-14(5)24-15-10-11(2)17(22(26)28-6)21(25)19(15)20(18)16-9-8-13(4)29-16/h8-9,11-12,17,20,24H,7,10H2,1-6H3/t11-,12-,17-,20-/m1/s1. The summed E-state index contributed by atoms with van der Waals surface area (Å²) in [4.78, 5) is 39.0. The van der Waals surface area contributed by atoms with E-state index in [0.29, 0.717) is 46.9 Å². The van der Waals surface area contributed by atoms with Gasteiger partial charge in [0, 0.05) is 17.0 Å². The lowest BCUT2D eigenvalue weighted by Gasteiger charge is -2.37. The van der Waals surface area contributed by atoms with Gasteiger partial charge in [-0.1, -0.05) is 13.8 Å². The number of allylic oxidation sites excluding steroid dienone is 3. The number of esters is 2. The average molecular weight is 415 g/mol. The van der Waals surface area contributed by atoms with Crippen molar-refractivity contribution >= 4 is 17.7 Å². The summed E-state index contributed by atoms with van der Waals surface area (Å²) >= 11 is 0. The van der Waals surface area contributed by atoms with Crippen molar-refractivity contribution in [3.05, 3.63) is 46.2 Å². The molecular weight excluding hydrogens is 386 g/mol. The van der Waals surface area contributed by atoms with E-state index in [1.54, 1.807) is 26.0 Å². The van der Waals surface area contributed by atoms with E-state index in [9.17, 15) is 14.4 Å². The fourth-order valence-electron chi connectivity index (χ4n) is 4.17. The lowest BCUT2D eigenvalue weighted by Crippen LogP contribution is -2.43. The van der Waals surface area contributed by atoms with E-state index in [4.69, 9.17) is 13.9 Å². The second-order valence-corrected chi connectivity index (χ2v) is 8.11. The molecule has 0 unspecified atom stereocenters. The van der Waals surface area contributed by atoms with Gasteiger partial charge in [-0.2, -0.15) is 0 Å². The summed E-state index contributed by atoms with van der Waals surface area (Å²) in [6, 6.07) is 3.55. The Morgan fingerprint density at radius 2 is 2.00 bits per heavy atom. The molecule has 2 heterocycles. The molecule has 1 aromatic heterocycles. The van der Waals surface area contributed by atoms with E-state index in [2.05, 4.69) is 5.32 Å². The molecule has 7 heteroatoms. The first-order chi connectivity index (χ1) is 14.2. The maximum Gasteiger partial charge on any atom is 0.337 e. The van der Waals surface area contributed by atoms with Gasteiger partial charge in [0.2, 0.25) is 0 Å². The Morgan fingerprint density at radius 3 is 2.57 bits per heavy atom. The second kappa shape index (κ2) is 8.50. The molecule has 1 N–H and O–H groups in total. The fraction of sp³-hybridized carbons (Fsp3) is 0.522. The Morgan fingerprint density at radius 1 is 1.30 bits per heavy atom. The quantitative estimate of drug-likeness (QED) is 0.580. The fourth-order valence-corrected chi connectivity index (χ4v) is 4.17. The molecule has 1 aliphatic heterocycles. The van der Waals surface area contributed by atoms with Crippen molar-refractivity contribution in [2.24, 2.45) is 11.8 Å². The zero-order valence-electron chi connectivity index (χ0n) is 18.3. The number of methoxy groups -OCH3 is 1. The van der Waals surface area contributed by atoms with Crippen LogP contribution in [0.2, 0.25) is 0 Å². The predicted octanol–water partition coefficient (Wildman–Crippen LogP) is 3.54. The highest BCUT2D eigenvalue weighted by Crippen LogP contribution is 2.45. The summed E-state index contributed by atoms with van der Waals surface area (Å²) in [6.45, 7) is 9.19. The summed E-state index contributed by atoms with van der Waals surface area (Å²) in [5, 5.41) is 3.23. The number of carbonyl (C=O) groups is 3. The van der Waals surface area contributed by atoms with Crippen molar-refractivity contribution in [2.45, 2.75) is 59.5 Å². The zero-order valence-corrected chi connectivity index (χ0v) is 18.3. The van der Waals surface area contributed by atoms with Crippen molar-refractivity contribution in [1.82, 2.24) is 5.32 Å². The smallest absolute Gasteiger partial charge is 0.337 e. The Hall–Kier alpha value is -2.83. The molecule has 162 valence electrons.